The van der Waals surface area contributed by atoms with E-state index in [1.165, 1.54) is 12.1 Å². The highest BCUT2D eigenvalue weighted by molar-refractivity contribution is 5.95. The van der Waals surface area contributed by atoms with E-state index in [4.69, 9.17) is 0 Å². The van der Waals surface area contributed by atoms with E-state index in [-0.39, 0.29) is 11.6 Å². The predicted octanol–water partition coefficient (Wildman–Crippen LogP) is 3.36. The zero-order valence-electron chi connectivity index (χ0n) is 17.5. The zero-order chi connectivity index (χ0) is 21.8. The lowest BCUT2D eigenvalue weighted by Gasteiger charge is -2.36. The first-order valence-corrected chi connectivity index (χ1v) is 10.4. The van der Waals surface area contributed by atoms with Crippen LogP contribution in [0.2, 0.25) is 0 Å². The van der Waals surface area contributed by atoms with Gasteiger partial charge in [-0.1, -0.05) is 37.3 Å². The van der Waals surface area contributed by atoms with Crippen molar-refractivity contribution in [2.75, 3.05) is 31.1 Å². The standard InChI is InChI=1S/C23H25N5O3/c1-2-22-21(16-24-27(22)17-18-6-4-3-5-7-18)23(29)26-14-12-25(13-15-26)19-8-10-20(11-9-19)28(30)31/h3-11,16H,2,12-15,17H2,1H3. The Morgan fingerprint density at radius 1 is 1.03 bits per heavy atom. The molecule has 1 aromatic heterocycles. The number of piperazine rings is 1. The number of nitrogens with zero attached hydrogens (tertiary/aromatic N) is 5. The highest BCUT2D eigenvalue weighted by atomic mass is 16.6. The third-order valence-electron chi connectivity index (χ3n) is 5.68. The molecule has 31 heavy (non-hydrogen) atoms. The van der Waals surface area contributed by atoms with Crippen molar-refractivity contribution in [3.63, 3.8) is 0 Å². The Morgan fingerprint density at radius 3 is 2.32 bits per heavy atom. The lowest BCUT2D eigenvalue weighted by molar-refractivity contribution is -0.384. The SMILES string of the molecule is CCc1c(C(=O)N2CCN(c3ccc([N+](=O)[O-])cc3)CC2)cnn1Cc1ccccc1. The molecule has 8 heteroatoms. The van der Waals surface area contributed by atoms with Crippen molar-refractivity contribution in [2.24, 2.45) is 0 Å². The molecule has 0 atom stereocenters. The minimum Gasteiger partial charge on any atom is -0.368 e. The highest BCUT2D eigenvalue weighted by Gasteiger charge is 2.26. The van der Waals surface area contributed by atoms with Crippen LogP contribution in [0.3, 0.4) is 0 Å². The Balaban J connectivity index is 1.42. The monoisotopic (exact) mass is 419 g/mol. The highest BCUT2D eigenvalue weighted by Crippen LogP contribution is 2.22. The van der Waals surface area contributed by atoms with E-state index in [9.17, 15) is 14.9 Å². The van der Waals surface area contributed by atoms with Crippen LogP contribution >= 0.6 is 0 Å². The summed E-state index contributed by atoms with van der Waals surface area (Å²) in [6.07, 6.45) is 2.42. The van der Waals surface area contributed by atoms with Crippen molar-refractivity contribution in [3.8, 4) is 0 Å². The molecule has 1 fully saturated rings. The topological polar surface area (TPSA) is 84.5 Å². The fraction of sp³-hybridized carbons (Fsp3) is 0.304. The van der Waals surface area contributed by atoms with Gasteiger partial charge in [0.2, 0.25) is 0 Å². The molecule has 1 saturated heterocycles. The molecule has 0 bridgehead atoms. The lowest BCUT2D eigenvalue weighted by atomic mass is 10.1. The number of nitro groups is 1. The fourth-order valence-corrected chi connectivity index (χ4v) is 3.98. The molecule has 0 N–H and O–H groups in total. The number of benzene rings is 2. The lowest BCUT2D eigenvalue weighted by Crippen LogP contribution is -2.48. The predicted molar refractivity (Wildman–Crippen MR) is 118 cm³/mol. The average Bonchev–Trinajstić information content (AvgIpc) is 3.22. The van der Waals surface area contributed by atoms with Crippen molar-refractivity contribution in [1.29, 1.82) is 0 Å². The number of rotatable bonds is 6. The van der Waals surface area contributed by atoms with Crippen LogP contribution in [0.4, 0.5) is 11.4 Å². The third kappa shape index (κ3) is 4.42. The first-order chi connectivity index (χ1) is 15.1. The van der Waals surface area contributed by atoms with E-state index in [1.54, 1.807) is 18.3 Å². The van der Waals surface area contributed by atoms with E-state index >= 15 is 0 Å². The van der Waals surface area contributed by atoms with E-state index in [0.717, 1.165) is 23.4 Å². The molecule has 1 amide bonds. The molecule has 0 aliphatic carbocycles. The summed E-state index contributed by atoms with van der Waals surface area (Å²) >= 11 is 0. The Kier molecular flexibility index (Phi) is 5.97. The summed E-state index contributed by atoms with van der Waals surface area (Å²) in [5, 5.41) is 15.3. The summed E-state index contributed by atoms with van der Waals surface area (Å²) in [7, 11) is 0. The molecular weight excluding hydrogens is 394 g/mol. The van der Waals surface area contributed by atoms with Crippen LogP contribution in [-0.2, 0) is 13.0 Å². The number of carbonyl (C=O) groups excluding carboxylic acids is 1. The number of amides is 1. The summed E-state index contributed by atoms with van der Waals surface area (Å²) in [6.45, 7) is 5.25. The second-order valence-electron chi connectivity index (χ2n) is 7.55. The van der Waals surface area contributed by atoms with Gasteiger partial charge in [0.1, 0.15) is 0 Å². The summed E-state index contributed by atoms with van der Waals surface area (Å²) in [5.41, 5.74) is 3.78. The summed E-state index contributed by atoms with van der Waals surface area (Å²) in [4.78, 5) is 27.6. The van der Waals surface area contributed by atoms with Crippen molar-refractivity contribution < 1.29 is 9.72 Å². The Hall–Kier alpha value is -3.68. The third-order valence-corrected chi connectivity index (χ3v) is 5.68. The van der Waals surface area contributed by atoms with Crippen LogP contribution in [0.5, 0.6) is 0 Å². The molecule has 3 aromatic rings. The normalized spacial score (nSPS) is 14.0. The Morgan fingerprint density at radius 2 is 1.71 bits per heavy atom. The molecule has 0 radical (unpaired) electrons. The van der Waals surface area contributed by atoms with E-state index in [2.05, 4.69) is 22.1 Å². The molecule has 0 spiro atoms. The van der Waals surface area contributed by atoms with Crippen LogP contribution in [0.15, 0.2) is 60.8 Å². The van der Waals surface area contributed by atoms with Crippen LogP contribution < -0.4 is 4.90 Å². The second kappa shape index (κ2) is 8.99. The molecule has 1 aliphatic heterocycles. The van der Waals surface area contributed by atoms with Crippen molar-refractivity contribution in [1.82, 2.24) is 14.7 Å². The van der Waals surface area contributed by atoms with Gasteiger partial charge in [0.05, 0.1) is 28.9 Å². The molecule has 8 nitrogen and oxygen atoms in total. The number of hydrogen-bond acceptors (Lipinski definition) is 5. The quantitative estimate of drug-likeness (QED) is 0.452. The Labute approximate surface area is 180 Å². The number of carbonyl (C=O) groups is 1. The molecule has 0 saturated carbocycles. The van der Waals surface area contributed by atoms with Crippen LogP contribution in [-0.4, -0.2) is 51.7 Å². The number of non-ortho nitro benzene ring substituents is 1. The largest absolute Gasteiger partial charge is 0.368 e. The number of anilines is 1. The van der Waals surface area contributed by atoms with E-state index in [0.29, 0.717) is 38.3 Å². The number of aromatic nitrogens is 2. The average molecular weight is 419 g/mol. The van der Waals surface area contributed by atoms with E-state index in [1.807, 2.05) is 34.7 Å². The minimum absolute atomic E-state index is 0.0134. The maximum atomic E-state index is 13.2. The van der Waals surface area contributed by atoms with Gasteiger partial charge < -0.3 is 9.80 Å². The maximum Gasteiger partial charge on any atom is 0.269 e. The van der Waals surface area contributed by atoms with Gasteiger partial charge in [-0.05, 0) is 24.1 Å². The molecule has 160 valence electrons. The number of nitro benzene ring substituents is 1. The van der Waals surface area contributed by atoms with Gasteiger partial charge in [-0.3, -0.25) is 19.6 Å². The minimum atomic E-state index is -0.399. The van der Waals surface area contributed by atoms with Crippen LogP contribution in [0.25, 0.3) is 0 Å². The summed E-state index contributed by atoms with van der Waals surface area (Å²) < 4.78 is 1.91. The molecule has 2 heterocycles. The maximum absolute atomic E-state index is 13.2. The molecule has 2 aromatic carbocycles. The van der Waals surface area contributed by atoms with Crippen molar-refractivity contribution >= 4 is 17.3 Å². The Bertz CT molecular complexity index is 1050. The first kappa shape index (κ1) is 20.6. The zero-order valence-corrected chi connectivity index (χ0v) is 17.5. The molecular formula is C23H25N5O3. The fourth-order valence-electron chi connectivity index (χ4n) is 3.98. The van der Waals surface area contributed by atoms with E-state index < -0.39 is 4.92 Å². The van der Waals surface area contributed by atoms with Gasteiger partial charge in [0, 0.05) is 44.0 Å². The van der Waals surface area contributed by atoms with Gasteiger partial charge in [-0.25, -0.2) is 0 Å². The first-order valence-electron chi connectivity index (χ1n) is 10.4. The summed E-state index contributed by atoms with van der Waals surface area (Å²) in [6, 6.07) is 16.7. The summed E-state index contributed by atoms with van der Waals surface area (Å²) in [5.74, 6) is 0.0134. The smallest absolute Gasteiger partial charge is 0.269 e. The molecule has 4 rings (SSSR count). The van der Waals surface area contributed by atoms with Gasteiger partial charge in [-0.2, -0.15) is 5.10 Å². The van der Waals surface area contributed by atoms with Gasteiger partial charge in [0.25, 0.3) is 11.6 Å². The molecule has 1 aliphatic rings. The van der Waals surface area contributed by atoms with Gasteiger partial charge in [0.15, 0.2) is 0 Å². The van der Waals surface area contributed by atoms with Crippen molar-refractivity contribution in [2.45, 2.75) is 19.9 Å². The van der Waals surface area contributed by atoms with Gasteiger partial charge >= 0.3 is 0 Å². The second-order valence-corrected chi connectivity index (χ2v) is 7.55. The molecule has 0 unspecified atom stereocenters. The van der Waals surface area contributed by atoms with Crippen LogP contribution in [0, 0.1) is 10.1 Å². The van der Waals surface area contributed by atoms with Gasteiger partial charge in [-0.15, -0.1) is 0 Å². The van der Waals surface area contributed by atoms with Crippen LogP contribution in [0.1, 0.15) is 28.5 Å². The number of hydrogen-bond donors (Lipinski definition) is 0. The van der Waals surface area contributed by atoms with Crippen molar-refractivity contribution in [3.05, 3.63) is 87.7 Å².